The lowest BCUT2D eigenvalue weighted by atomic mass is 9.99. The van der Waals surface area contributed by atoms with E-state index in [2.05, 4.69) is 78.4 Å². The monoisotopic (exact) mass is 1450 g/mol. The van der Waals surface area contributed by atoms with Gasteiger partial charge in [-0.25, -0.2) is 4.98 Å². The van der Waals surface area contributed by atoms with Crippen LogP contribution < -0.4 is 70.0 Å². The summed E-state index contributed by atoms with van der Waals surface area (Å²) < 4.78 is 0. The number of carboxylic acids is 1. The number of aromatic nitrogens is 4. The Labute approximate surface area is 601 Å². The molecule has 0 spiro atoms. The van der Waals surface area contributed by atoms with E-state index in [4.69, 9.17) is 11.5 Å². The lowest BCUT2D eigenvalue weighted by Gasteiger charge is -2.29. The highest BCUT2D eigenvalue weighted by Gasteiger charge is 2.39. The summed E-state index contributed by atoms with van der Waals surface area (Å²) in [6.07, 6.45) is 4.20. The van der Waals surface area contributed by atoms with Gasteiger partial charge in [-0.3, -0.25) is 62.3 Å². The molecule has 21 N–H and O–H groups in total. The van der Waals surface area contributed by atoms with Crippen LogP contribution in [0.4, 0.5) is 0 Å². The third kappa shape index (κ3) is 22.6. The van der Waals surface area contributed by atoms with Gasteiger partial charge in [0.15, 0.2) is 0 Å². The second-order valence-electron chi connectivity index (χ2n) is 25.9. The van der Waals surface area contributed by atoms with Crippen molar-refractivity contribution in [1.29, 1.82) is 0 Å². The molecule has 33 nitrogen and oxygen atoms in total. The molecule has 33 heteroatoms. The van der Waals surface area contributed by atoms with E-state index < -0.39 is 168 Å². The summed E-state index contributed by atoms with van der Waals surface area (Å²) in [5, 5.41) is 60.9. The van der Waals surface area contributed by atoms with Crippen molar-refractivity contribution in [2.45, 2.75) is 152 Å². The lowest BCUT2D eigenvalue weighted by molar-refractivity contribution is -0.141. The summed E-state index contributed by atoms with van der Waals surface area (Å²) in [6, 6.07) is 10.9. The third-order valence-electron chi connectivity index (χ3n) is 17.4. The molecule has 3 aromatic heterocycles. The quantitative estimate of drug-likeness (QED) is 0.0254. The number of carboxylic acid groups (broad SMARTS) is 1. The maximum atomic E-state index is 15.4. The van der Waals surface area contributed by atoms with Crippen LogP contribution in [0.3, 0.4) is 0 Å². The van der Waals surface area contributed by atoms with Crippen LogP contribution in [0.1, 0.15) is 74.9 Å². The number of aliphatic carboxylic acids is 1. The highest BCUT2D eigenvalue weighted by Crippen LogP contribution is 2.23. The Balaban J connectivity index is 1.11. The van der Waals surface area contributed by atoms with Gasteiger partial charge >= 0.3 is 5.97 Å². The van der Waals surface area contributed by atoms with E-state index in [1.165, 1.54) is 62.8 Å². The number of aromatic amines is 3. The standard InChI is InChI=1S/C72H87N17O16/c1-37(2)60-71(104)81-51(21-13-10-18-48(73)63(96)80-38(3)62(95)82-57(31-59(93)94)68(101)85-55(69(102)88-60)29-43-33-77-50-20-12-9-17-47(43)50)65(98)83-53(27-41-22-24-45(91)25-23-41)66(99)84-54(28-42-32-76-49-19-11-8-16-46(42)49)67(100)86-56(30-44-34-75-36-79-44)70(103)89-61(39(4)90)72(105)87-52(64(97)78-35-58(74)92)26-40-14-6-5-7-15-40/h5-17,19-20,22-25,32-34,36-39,48,51-57,60-61,76-77,90-91H,18,21,26-31,35,73H2,1-4H3,(H2,74,92)(H,75,79)(H,78,97)(H,80,96)(H,81,104)(H,82,95)(H,83,98)(H,84,99)(H,85,101)(H,86,100)(H,87,105)(H,88,102)(H,89,103)(H,93,94)/b13-10-/t38-,39+,48?,51?,52-,53-,54-,55-,56-,57-,60-,61-/m0/s1. The lowest BCUT2D eigenvalue weighted by Crippen LogP contribution is -2.62. The number of aliphatic hydroxyl groups excluding tert-OH is 1. The van der Waals surface area contributed by atoms with Crippen LogP contribution in [0.2, 0.25) is 0 Å². The first-order chi connectivity index (χ1) is 50.1. The summed E-state index contributed by atoms with van der Waals surface area (Å²) in [4.78, 5) is 196. The fraction of sp³-hybridized carbons (Fsp3) is 0.361. The number of rotatable bonds is 27. The predicted molar refractivity (Wildman–Crippen MR) is 381 cm³/mol. The van der Waals surface area contributed by atoms with E-state index in [-0.39, 0.29) is 50.7 Å². The molecule has 1 aliphatic heterocycles. The maximum Gasteiger partial charge on any atom is 0.305 e. The van der Waals surface area contributed by atoms with Crippen molar-refractivity contribution in [3.05, 3.63) is 168 Å². The van der Waals surface area contributed by atoms with Crippen molar-refractivity contribution < 1.29 is 77.6 Å². The topological polar surface area (TPSA) is 527 Å². The minimum Gasteiger partial charge on any atom is -0.508 e. The molecule has 0 aliphatic carbocycles. The molecule has 105 heavy (non-hydrogen) atoms. The summed E-state index contributed by atoms with van der Waals surface area (Å²) in [5.74, 6) is -14.0. The molecule has 2 unspecified atom stereocenters. The van der Waals surface area contributed by atoms with Gasteiger partial charge in [0.2, 0.25) is 70.9 Å². The Morgan fingerprint density at radius 2 is 1.10 bits per heavy atom. The number of aromatic hydroxyl groups is 1. The van der Waals surface area contributed by atoms with Crippen LogP contribution in [0.5, 0.6) is 5.75 Å². The smallest absolute Gasteiger partial charge is 0.305 e. The zero-order valence-electron chi connectivity index (χ0n) is 57.9. The number of nitrogens with one attached hydrogen (secondary N) is 14. The number of hydrogen-bond acceptors (Lipinski definition) is 17. The average Bonchev–Trinajstić information content (AvgIpc) is 1.60. The van der Waals surface area contributed by atoms with E-state index in [0.717, 1.165) is 0 Å². The van der Waals surface area contributed by atoms with Crippen molar-refractivity contribution in [2.24, 2.45) is 17.4 Å². The zero-order chi connectivity index (χ0) is 76.0. The van der Waals surface area contributed by atoms with Crippen molar-refractivity contribution in [1.82, 2.24) is 78.4 Å². The molecule has 4 aromatic carbocycles. The normalized spacial score (nSPS) is 19.8. The number of amides is 12. The van der Waals surface area contributed by atoms with Crippen molar-refractivity contribution in [2.75, 3.05) is 6.54 Å². The fourth-order valence-electron chi connectivity index (χ4n) is 11.7. The molecular weight excluding hydrogens is 1360 g/mol. The van der Waals surface area contributed by atoms with Crippen LogP contribution in [-0.4, -0.2) is 191 Å². The molecule has 8 rings (SSSR count). The number of hydrogen-bond donors (Lipinski definition) is 19. The number of phenolic OH excluding ortho intramolecular Hbond substituents is 1. The van der Waals surface area contributed by atoms with Gasteiger partial charge in [-0.05, 0) is 79.1 Å². The second kappa shape index (κ2) is 37.1. The van der Waals surface area contributed by atoms with Crippen molar-refractivity contribution in [3.8, 4) is 5.75 Å². The number of para-hydroxylation sites is 2. The van der Waals surface area contributed by atoms with Gasteiger partial charge in [0.05, 0.1) is 31.4 Å². The summed E-state index contributed by atoms with van der Waals surface area (Å²) in [7, 11) is 0. The minimum absolute atomic E-state index is 0.101. The van der Waals surface area contributed by atoms with Crippen molar-refractivity contribution >= 4 is 98.7 Å². The number of H-pyrrole nitrogens is 3. The van der Waals surface area contributed by atoms with Crippen molar-refractivity contribution in [3.63, 3.8) is 0 Å². The van der Waals surface area contributed by atoms with Gasteiger partial charge in [0.1, 0.15) is 66.2 Å². The molecule has 556 valence electrons. The Morgan fingerprint density at radius 3 is 1.71 bits per heavy atom. The summed E-state index contributed by atoms with van der Waals surface area (Å²) in [6.45, 7) is 5.06. The number of primary amides is 1. The molecule has 7 aromatic rings. The van der Waals surface area contributed by atoms with Gasteiger partial charge in [-0.1, -0.05) is 105 Å². The molecule has 4 heterocycles. The molecule has 12 atom stereocenters. The highest BCUT2D eigenvalue weighted by molar-refractivity contribution is 6.01. The van der Waals surface area contributed by atoms with Crippen LogP contribution in [0.25, 0.3) is 21.8 Å². The van der Waals surface area contributed by atoms with Crippen LogP contribution in [0.15, 0.2) is 140 Å². The number of imidazole rings is 1. The number of carbonyl (C=O) groups is 13. The molecule has 0 bridgehead atoms. The fourth-order valence-corrected chi connectivity index (χ4v) is 11.7. The Kier molecular flexibility index (Phi) is 27.7. The molecule has 0 saturated heterocycles. The van der Waals surface area contributed by atoms with Crippen LogP contribution in [-0.2, 0) is 94.4 Å². The van der Waals surface area contributed by atoms with Gasteiger partial charge in [0, 0.05) is 78.2 Å². The first-order valence-corrected chi connectivity index (χ1v) is 33.9. The largest absolute Gasteiger partial charge is 0.508 e. The van der Waals surface area contributed by atoms with E-state index in [9.17, 15) is 63.3 Å². The van der Waals surface area contributed by atoms with Crippen LogP contribution in [0, 0.1) is 5.92 Å². The molecule has 0 fully saturated rings. The third-order valence-corrected chi connectivity index (χ3v) is 17.4. The van der Waals surface area contributed by atoms with E-state index in [1.807, 2.05) is 0 Å². The molecule has 12 amide bonds. The SMILES string of the molecule is CC(C)[C@@H]1NC(=O)[C@H](Cc2c[nH]c3ccccc23)NC(=O)[C@H](CC(=O)O)NC(=O)[C@H](C)NC(=O)C(N)C/C=C\CC(C(=O)N[C@@H](Cc2ccc(O)cc2)C(=O)N[C@@H](Cc2c[nH]c3ccccc23)C(=O)N[C@@H](Cc2cnc[nH]2)C(=O)N[C@H](C(=O)N[C@@H](Cc2ccccc2)C(=O)NCC(N)=O)[C@@H](C)O)NC1=O. The summed E-state index contributed by atoms with van der Waals surface area (Å²) in [5.41, 5.74) is 15.1. The number of fused-ring (bicyclic) bond motifs is 2. The molecule has 0 saturated carbocycles. The van der Waals surface area contributed by atoms with Gasteiger partial charge in [-0.2, -0.15) is 0 Å². The predicted octanol–water partition coefficient (Wildman–Crippen LogP) is -1.75. The maximum absolute atomic E-state index is 15.4. The van der Waals surface area contributed by atoms with Gasteiger partial charge in [-0.15, -0.1) is 0 Å². The first-order valence-electron chi connectivity index (χ1n) is 33.9. The number of aliphatic hydroxyl groups is 1. The van der Waals surface area contributed by atoms with E-state index >= 15 is 14.4 Å². The van der Waals surface area contributed by atoms with E-state index in [0.29, 0.717) is 49.8 Å². The number of nitrogens with two attached hydrogens (primary N) is 2. The van der Waals surface area contributed by atoms with Crippen LogP contribution >= 0.6 is 0 Å². The first kappa shape index (κ1) is 78.5. The number of phenols is 1. The average molecular weight is 1450 g/mol. The zero-order valence-corrected chi connectivity index (χ0v) is 57.9. The minimum atomic E-state index is -1.79. The van der Waals surface area contributed by atoms with E-state index in [1.54, 1.807) is 105 Å². The summed E-state index contributed by atoms with van der Waals surface area (Å²) >= 11 is 0. The molecular formula is C72H87N17O16. The Morgan fingerprint density at radius 1 is 0.562 bits per heavy atom. The Hall–Kier alpha value is -12.3. The number of benzene rings is 4. The Bertz CT molecular complexity index is 4290. The second-order valence-corrected chi connectivity index (χ2v) is 25.9. The highest BCUT2D eigenvalue weighted by atomic mass is 16.4. The molecule has 0 radical (unpaired) electrons. The van der Waals surface area contributed by atoms with Gasteiger partial charge < -0.3 is 100 Å². The number of carbonyl (C=O) groups excluding carboxylic acids is 12. The number of nitrogens with zero attached hydrogens (tertiary/aromatic N) is 1. The van der Waals surface area contributed by atoms with Gasteiger partial charge in [0.25, 0.3) is 0 Å². The molecule has 1 aliphatic rings.